The molecule has 2 heterocycles. The zero-order valence-electron chi connectivity index (χ0n) is 13.4. The van der Waals surface area contributed by atoms with Crippen molar-refractivity contribution in [2.24, 2.45) is 0 Å². The van der Waals surface area contributed by atoms with E-state index in [0.29, 0.717) is 38.2 Å². The van der Waals surface area contributed by atoms with Crippen LogP contribution in [0.2, 0.25) is 0 Å². The first kappa shape index (κ1) is 16.6. The minimum atomic E-state index is -3.21. The monoisotopic (exact) mass is 349 g/mol. The quantitative estimate of drug-likeness (QED) is 0.799. The molecule has 1 amide bonds. The summed E-state index contributed by atoms with van der Waals surface area (Å²) in [4.78, 5) is 18.2. The predicted octanol–water partition coefficient (Wildman–Crippen LogP) is 0.375. The molecule has 0 atom stereocenters. The number of sulfonamides is 1. The number of hydrogen-bond donors (Lipinski definition) is 0. The van der Waals surface area contributed by atoms with Gasteiger partial charge >= 0.3 is 0 Å². The van der Waals surface area contributed by atoms with Crippen LogP contribution in [0.1, 0.15) is 16.8 Å². The van der Waals surface area contributed by atoms with Crippen LogP contribution in [-0.4, -0.2) is 70.7 Å². The van der Waals surface area contributed by atoms with Crippen molar-refractivity contribution in [2.75, 3.05) is 32.4 Å². The first-order valence-corrected chi connectivity index (χ1v) is 9.49. The fourth-order valence-corrected chi connectivity index (χ4v) is 3.58. The Kier molecular flexibility index (Phi) is 4.63. The van der Waals surface area contributed by atoms with Gasteiger partial charge in [0.25, 0.3) is 5.91 Å². The molecule has 1 aromatic heterocycles. The fraction of sp³-hybridized carbons (Fsp3) is 0.400. The van der Waals surface area contributed by atoms with Gasteiger partial charge in [-0.15, -0.1) is 0 Å². The second-order valence-electron chi connectivity index (χ2n) is 5.69. The summed E-state index contributed by atoms with van der Waals surface area (Å²) in [5, 5.41) is 4.04. The average molecular weight is 349 g/mol. The Balaban J connectivity index is 1.70. The Bertz CT molecular complexity index is 802. The normalized spacial score (nSPS) is 16.8. The number of hydrogen-bond acceptors (Lipinski definition) is 5. The molecule has 1 aromatic carbocycles. The van der Waals surface area contributed by atoms with Crippen molar-refractivity contribution in [3.8, 4) is 5.69 Å². The number of rotatable bonds is 3. The van der Waals surface area contributed by atoms with Crippen LogP contribution in [0, 0.1) is 0 Å². The SMILES string of the molecule is CS(=O)(=O)N1CCCN(C(=O)c2ccc(-n3cncn3)cc2)CC1. The molecule has 1 aliphatic heterocycles. The van der Waals surface area contributed by atoms with E-state index in [1.54, 1.807) is 28.0 Å². The van der Waals surface area contributed by atoms with Gasteiger partial charge in [0, 0.05) is 31.7 Å². The molecule has 8 nitrogen and oxygen atoms in total. The van der Waals surface area contributed by atoms with Crippen molar-refractivity contribution in [2.45, 2.75) is 6.42 Å². The number of aromatic nitrogens is 3. The molecule has 0 spiro atoms. The Morgan fingerprint density at radius 3 is 2.46 bits per heavy atom. The molecule has 0 radical (unpaired) electrons. The van der Waals surface area contributed by atoms with Crippen molar-refractivity contribution in [1.82, 2.24) is 24.0 Å². The van der Waals surface area contributed by atoms with Gasteiger partial charge in [-0.05, 0) is 30.7 Å². The summed E-state index contributed by atoms with van der Waals surface area (Å²) in [5.41, 5.74) is 1.40. The average Bonchev–Trinajstić information content (AvgIpc) is 2.97. The second-order valence-corrected chi connectivity index (χ2v) is 7.68. The summed E-state index contributed by atoms with van der Waals surface area (Å²) >= 11 is 0. The van der Waals surface area contributed by atoms with Crippen LogP contribution in [0.15, 0.2) is 36.9 Å². The molecule has 0 bridgehead atoms. The number of benzene rings is 1. The second kappa shape index (κ2) is 6.70. The van der Waals surface area contributed by atoms with Gasteiger partial charge in [0.1, 0.15) is 12.7 Å². The number of carbonyl (C=O) groups is 1. The Morgan fingerprint density at radius 1 is 1.08 bits per heavy atom. The van der Waals surface area contributed by atoms with E-state index in [4.69, 9.17) is 0 Å². The topological polar surface area (TPSA) is 88.4 Å². The zero-order chi connectivity index (χ0) is 17.2. The number of amides is 1. The third kappa shape index (κ3) is 3.62. The first-order chi connectivity index (χ1) is 11.4. The van der Waals surface area contributed by atoms with Crippen LogP contribution in [-0.2, 0) is 10.0 Å². The highest BCUT2D eigenvalue weighted by Gasteiger charge is 2.24. The molecule has 0 aliphatic carbocycles. The van der Waals surface area contributed by atoms with Crippen LogP contribution in [0.5, 0.6) is 0 Å². The lowest BCUT2D eigenvalue weighted by Gasteiger charge is -2.21. The first-order valence-electron chi connectivity index (χ1n) is 7.64. The van der Waals surface area contributed by atoms with E-state index >= 15 is 0 Å². The van der Waals surface area contributed by atoms with Gasteiger partial charge in [-0.25, -0.2) is 22.4 Å². The third-order valence-corrected chi connectivity index (χ3v) is 5.31. The predicted molar refractivity (Wildman–Crippen MR) is 88.3 cm³/mol. The molecule has 0 unspecified atom stereocenters. The molecular formula is C15H19N5O3S. The van der Waals surface area contributed by atoms with E-state index in [1.807, 2.05) is 12.1 Å². The zero-order valence-corrected chi connectivity index (χ0v) is 14.2. The Hall–Kier alpha value is -2.26. The van der Waals surface area contributed by atoms with Gasteiger partial charge in [-0.2, -0.15) is 5.10 Å². The molecule has 0 N–H and O–H groups in total. The van der Waals surface area contributed by atoms with Crippen molar-refractivity contribution in [1.29, 1.82) is 0 Å². The summed E-state index contributed by atoms with van der Waals surface area (Å²) in [7, 11) is -3.21. The maximum absolute atomic E-state index is 12.6. The maximum atomic E-state index is 12.6. The van der Waals surface area contributed by atoms with E-state index in [2.05, 4.69) is 10.1 Å². The Morgan fingerprint density at radius 2 is 1.83 bits per heavy atom. The lowest BCUT2D eigenvalue weighted by atomic mass is 10.1. The summed E-state index contributed by atoms with van der Waals surface area (Å²) < 4.78 is 26.3. The minimum absolute atomic E-state index is 0.0875. The summed E-state index contributed by atoms with van der Waals surface area (Å²) in [5.74, 6) is -0.0875. The molecule has 1 fully saturated rings. The van der Waals surface area contributed by atoms with Crippen LogP contribution >= 0.6 is 0 Å². The Labute approximate surface area is 140 Å². The molecule has 24 heavy (non-hydrogen) atoms. The minimum Gasteiger partial charge on any atom is -0.337 e. The van der Waals surface area contributed by atoms with Crippen molar-refractivity contribution < 1.29 is 13.2 Å². The molecule has 1 saturated heterocycles. The van der Waals surface area contributed by atoms with E-state index in [9.17, 15) is 13.2 Å². The van der Waals surface area contributed by atoms with Gasteiger partial charge in [0.15, 0.2) is 0 Å². The molecule has 0 saturated carbocycles. The van der Waals surface area contributed by atoms with E-state index in [1.165, 1.54) is 16.9 Å². The van der Waals surface area contributed by atoms with Crippen molar-refractivity contribution in [3.05, 3.63) is 42.5 Å². The van der Waals surface area contributed by atoms with Crippen molar-refractivity contribution in [3.63, 3.8) is 0 Å². The van der Waals surface area contributed by atoms with Crippen LogP contribution in [0.4, 0.5) is 0 Å². The summed E-state index contributed by atoms with van der Waals surface area (Å²) in [6.45, 7) is 1.74. The highest BCUT2D eigenvalue weighted by Crippen LogP contribution is 2.13. The van der Waals surface area contributed by atoms with Gasteiger partial charge < -0.3 is 4.90 Å². The number of nitrogens with zero attached hydrogens (tertiary/aromatic N) is 5. The smallest absolute Gasteiger partial charge is 0.253 e. The van der Waals surface area contributed by atoms with Crippen LogP contribution in [0.25, 0.3) is 5.69 Å². The van der Waals surface area contributed by atoms with Gasteiger partial charge in [-0.3, -0.25) is 4.79 Å². The van der Waals surface area contributed by atoms with Crippen LogP contribution in [0.3, 0.4) is 0 Å². The van der Waals surface area contributed by atoms with Gasteiger partial charge in [0.05, 0.1) is 11.9 Å². The molecular weight excluding hydrogens is 330 g/mol. The van der Waals surface area contributed by atoms with E-state index in [-0.39, 0.29) is 5.91 Å². The van der Waals surface area contributed by atoms with Gasteiger partial charge in [0.2, 0.25) is 10.0 Å². The van der Waals surface area contributed by atoms with Gasteiger partial charge in [-0.1, -0.05) is 0 Å². The lowest BCUT2D eigenvalue weighted by Crippen LogP contribution is -2.36. The lowest BCUT2D eigenvalue weighted by molar-refractivity contribution is 0.0764. The highest BCUT2D eigenvalue weighted by molar-refractivity contribution is 7.88. The van der Waals surface area contributed by atoms with Crippen molar-refractivity contribution >= 4 is 15.9 Å². The summed E-state index contributed by atoms with van der Waals surface area (Å²) in [6, 6.07) is 7.11. The molecule has 1 aliphatic rings. The maximum Gasteiger partial charge on any atom is 0.253 e. The standard InChI is InChI=1S/C15H19N5O3S/c1-24(22,23)19-8-2-7-18(9-10-19)15(21)13-3-5-14(6-4-13)20-12-16-11-17-20/h3-6,11-12H,2,7-10H2,1H3. The third-order valence-electron chi connectivity index (χ3n) is 4.01. The van der Waals surface area contributed by atoms with Crippen LogP contribution < -0.4 is 0 Å². The molecule has 9 heteroatoms. The molecule has 128 valence electrons. The highest BCUT2D eigenvalue weighted by atomic mass is 32.2. The molecule has 3 rings (SSSR count). The summed E-state index contributed by atoms with van der Waals surface area (Å²) in [6.07, 6.45) is 4.87. The number of carbonyl (C=O) groups excluding carboxylic acids is 1. The largest absolute Gasteiger partial charge is 0.337 e. The van der Waals surface area contributed by atoms with E-state index < -0.39 is 10.0 Å². The van der Waals surface area contributed by atoms with E-state index in [0.717, 1.165) is 5.69 Å². The molecule has 2 aromatic rings. The fourth-order valence-electron chi connectivity index (χ4n) is 2.71.